The van der Waals surface area contributed by atoms with Crippen LogP contribution in [0.15, 0.2) is 54.6 Å². The molecule has 0 spiro atoms. The molecule has 1 heterocycles. The standard InChI is InChI=1S/C21H23N3O2/c1-15-5-4-6-16(13-15)21-23-18(11-12-25-2)14-20(24-21)22-17-7-9-19(26-3)10-8-17/h4-10,13-14H,11-12H2,1-3H3,(H,22,23,24). The highest BCUT2D eigenvalue weighted by Gasteiger charge is 2.08. The highest BCUT2D eigenvalue weighted by Crippen LogP contribution is 2.23. The number of methoxy groups -OCH3 is 2. The highest BCUT2D eigenvalue weighted by atomic mass is 16.5. The van der Waals surface area contributed by atoms with Crippen molar-refractivity contribution in [1.29, 1.82) is 0 Å². The lowest BCUT2D eigenvalue weighted by Crippen LogP contribution is -2.04. The Morgan fingerprint density at radius 2 is 1.77 bits per heavy atom. The van der Waals surface area contributed by atoms with Gasteiger partial charge in [0.25, 0.3) is 0 Å². The molecular weight excluding hydrogens is 326 g/mol. The number of ether oxygens (including phenoxy) is 2. The Hall–Kier alpha value is -2.92. The molecule has 0 atom stereocenters. The van der Waals surface area contributed by atoms with E-state index >= 15 is 0 Å². The summed E-state index contributed by atoms with van der Waals surface area (Å²) in [6, 6.07) is 17.9. The zero-order chi connectivity index (χ0) is 18.4. The van der Waals surface area contributed by atoms with Gasteiger partial charge in [-0.05, 0) is 37.3 Å². The zero-order valence-corrected chi connectivity index (χ0v) is 15.3. The molecule has 134 valence electrons. The van der Waals surface area contributed by atoms with Crippen molar-refractivity contribution >= 4 is 11.5 Å². The van der Waals surface area contributed by atoms with E-state index in [2.05, 4.69) is 24.4 Å². The third-order valence-corrected chi connectivity index (χ3v) is 3.98. The van der Waals surface area contributed by atoms with Gasteiger partial charge in [0.2, 0.25) is 0 Å². The number of anilines is 2. The fourth-order valence-corrected chi connectivity index (χ4v) is 2.63. The van der Waals surface area contributed by atoms with E-state index in [1.807, 2.05) is 42.5 Å². The molecule has 0 aliphatic rings. The van der Waals surface area contributed by atoms with Crippen molar-refractivity contribution in [2.75, 3.05) is 26.1 Å². The normalized spacial score (nSPS) is 10.6. The molecule has 0 radical (unpaired) electrons. The maximum atomic E-state index is 5.20. The fourth-order valence-electron chi connectivity index (χ4n) is 2.63. The average Bonchev–Trinajstić information content (AvgIpc) is 2.67. The highest BCUT2D eigenvalue weighted by molar-refractivity contribution is 5.62. The van der Waals surface area contributed by atoms with Gasteiger partial charge in [-0.3, -0.25) is 0 Å². The second kappa shape index (κ2) is 8.45. The summed E-state index contributed by atoms with van der Waals surface area (Å²) in [6.45, 7) is 2.68. The Morgan fingerprint density at radius 1 is 0.962 bits per heavy atom. The lowest BCUT2D eigenvalue weighted by atomic mass is 10.1. The van der Waals surface area contributed by atoms with E-state index in [1.165, 1.54) is 5.56 Å². The molecule has 0 saturated carbocycles. The van der Waals surface area contributed by atoms with Crippen LogP contribution < -0.4 is 10.1 Å². The van der Waals surface area contributed by atoms with Gasteiger partial charge in [0, 0.05) is 36.5 Å². The molecular formula is C21H23N3O2. The summed E-state index contributed by atoms with van der Waals surface area (Å²) in [5.41, 5.74) is 4.06. The van der Waals surface area contributed by atoms with Crippen LogP contribution in [-0.2, 0) is 11.2 Å². The first-order valence-corrected chi connectivity index (χ1v) is 8.53. The van der Waals surface area contributed by atoms with Crippen molar-refractivity contribution in [1.82, 2.24) is 9.97 Å². The molecule has 1 aromatic heterocycles. The van der Waals surface area contributed by atoms with Crippen LogP contribution in [0, 0.1) is 6.92 Å². The second-order valence-electron chi connectivity index (χ2n) is 6.03. The maximum Gasteiger partial charge on any atom is 0.161 e. The molecule has 0 unspecified atom stereocenters. The van der Waals surface area contributed by atoms with E-state index < -0.39 is 0 Å². The molecule has 3 aromatic rings. The van der Waals surface area contributed by atoms with Gasteiger partial charge in [-0.25, -0.2) is 9.97 Å². The molecule has 0 bridgehead atoms. The van der Waals surface area contributed by atoms with Crippen LogP contribution in [0.5, 0.6) is 5.75 Å². The molecule has 1 N–H and O–H groups in total. The van der Waals surface area contributed by atoms with Gasteiger partial charge in [0.1, 0.15) is 11.6 Å². The van der Waals surface area contributed by atoms with Crippen LogP contribution in [0.3, 0.4) is 0 Å². The van der Waals surface area contributed by atoms with Crippen LogP contribution in [0.4, 0.5) is 11.5 Å². The number of hydrogen-bond donors (Lipinski definition) is 1. The monoisotopic (exact) mass is 349 g/mol. The van der Waals surface area contributed by atoms with E-state index in [4.69, 9.17) is 19.4 Å². The number of benzene rings is 2. The first-order valence-electron chi connectivity index (χ1n) is 8.53. The number of rotatable bonds is 7. The number of nitrogens with one attached hydrogen (secondary N) is 1. The van der Waals surface area contributed by atoms with Gasteiger partial charge in [0.05, 0.1) is 13.7 Å². The molecule has 5 heteroatoms. The van der Waals surface area contributed by atoms with Gasteiger partial charge < -0.3 is 14.8 Å². The van der Waals surface area contributed by atoms with Crippen LogP contribution in [0.2, 0.25) is 0 Å². The van der Waals surface area contributed by atoms with Crippen LogP contribution >= 0.6 is 0 Å². The zero-order valence-electron chi connectivity index (χ0n) is 15.3. The van der Waals surface area contributed by atoms with E-state index in [1.54, 1.807) is 14.2 Å². The first kappa shape index (κ1) is 17.9. The summed E-state index contributed by atoms with van der Waals surface area (Å²) >= 11 is 0. The Kier molecular flexibility index (Phi) is 5.81. The summed E-state index contributed by atoms with van der Waals surface area (Å²) in [6.07, 6.45) is 0.731. The van der Waals surface area contributed by atoms with Gasteiger partial charge in [0.15, 0.2) is 5.82 Å². The number of aromatic nitrogens is 2. The minimum atomic E-state index is 0.617. The molecule has 3 rings (SSSR count). The van der Waals surface area contributed by atoms with Crippen molar-refractivity contribution in [3.8, 4) is 17.1 Å². The summed E-state index contributed by atoms with van der Waals surface area (Å²) in [7, 11) is 3.35. The van der Waals surface area contributed by atoms with Crippen molar-refractivity contribution in [2.45, 2.75) is 13.3 Å². The van der Waals surface area contributed by atoms with E-state index in [0.717, 1.165) is 34.9 Å². The van der Waals surface area contributed by atoms with E-state index in [0.29, 0.717) is 12.4 Å². The minimum absolute atomic E-state index is 0.617. The predicted molar refractivity (Wildman–Crippen MR) is 104 cm³/mol. The van der Waals surface area contributed by atoms with E-state index in [9.17, 15) is 0 Å². The predicted octanol–water partition coefficient (Wildman–Crippen LogP) is 4.39. The molecule has 2 aromatic carbocycles. The summed E-state index contributed by atoms with van der Waals surface area (Å²) in [5, 5.41) is 3.35. The van der Waals surface area contributed by atoms with Gasteiger partial charge >= 0.3 is 0 Å². The topological polar surface area (TPSA) is 56.3 Å². The van der Waals surface area contributed by atoms with Crippen LogP contribution in [0.1, 0.15) is 11.3 Å². The molecule has 0 amide bonds. The molecule has 0 saturated heterocycles. The molecule has 0 fully saturated rings. The maximum absolute atomic E-state index is 5.20. The number of hydrogen-bond acceptors (Lipinski definition) is 5. The molecule has 0 aliphatic carbocycles. The van der Waals surface area contributed by atoms with Crippen molar-refractivity contribution in [2.24, 2.45) is 0 Å². The number of aryl methyl sites for hydroxylation is 1. The Bertz CT molecular complexity index is 863. The average molecular weight is 349 g/mol. The quantitative estimate of drug-likeness (QED) is 0.685. The summed E-state index contributed by atoms with van der Waals surface area (Å²) in [4.78, 5) is 9.40. The Labute approximate surface area is 154 Å². The summed E-state index contributed by atoms with van der Waals surface area (Å²) in [5.74, 6) is 2.28. The van der Waals surface area contributed by atoms with E-state index in [-0.39, 0.29) is 0 Å². The third kappa shape index (κ3) is 4.58. The largest absolute Gasteiger partial charge is 0.497 e. The Morgan fingerprint density at radius 3 is 2.46 bits per heavy atom. The van der Waals surface area contributed by atoms with Gasteiger partial charge in [-0.15, -0.1) is 0 Å². The Balaban J connectivity index is 1.93. The second-order valence-corrected chi connectivity index (χ2v) is 6.03. The smallest absolute Gasteiger partial charge is 0.161 e. The van der Waals surface area contributed by atoms with Gasteiger partial charge in [-0.1, -0.05) is 23.8 Å². The molecule has 5 nitrogen and oxygen atoms in total. The van der Waals surface area contributed by atoms with Crippen molar-refractivity contribution < 1.29 is 9.47 Å². The molecule has 0 aliphatic heterocycles. The summed E-state index contributed by atoms with van der Waals surface area (Å²) < 4.78 is 10.4. The van der Waals surface area contributed by atoms with Crippen molar-refractivity contribution in [3.63, 3.8) is 0 Å². The molecule has 26 heavy (non-hydrogen) atoms. The lowest BCUT2D eigenvalue weighted by Gasteiger charge is -2.11. The SMILES string of the molecule is COCCc1cc(Nc2ccc(OC)cc2)nc(-c2cccc(C)c2)n1. The van der Waals surface area contributed by atoms with Crippen molar-refractivity contribution in [3.05, 3.63) is 65.9 Å². The van der Waals surface area contributed by atoms with Gasteiger partial charge in [-0.2, -0.15) is 0 Å². The van der Waals surface area contributed by atoms with Crippen LogP contribution in [0.25, 0.3) is 11.4 Å². The number of nitrogens with zero attached hydrogens (tertiary/aromatic N) is 2. The fraction of sp³-hybridized carbons (Fsp3) is 0.238. The van der Waals surface area contributed by atoms with Crippen LogP contribution in [-0.4, -0.2) is 30.8 Å². The third-order valence-electron chi connectivity index (χ3n) is 3.98. The minimum Gasteiger partial charge on any atom is -0.497 e. The first-order chi connectivity index (χ1) is 12.7. The lowest BCUT2D eigenvalue weighted by molar-refractivity contribution is 0.201.